The van der Waals surface area contributed by atoms with Crippen molar-refractivity contribution in [3.8, 4) is 5.69 Å². The van der Waals surface area contributed by atoms with E-state index in [0.717, 1.165) is 22.5 Å². The van der Waals surface area contributed by atoms with Crippen LogP contribution in [-0.4, -0.2) is 41.6 Å². The van der Waals surface area contributed by atoms with Crippen molar-refractivity contribution < 1.29 is 30.3 Å². The molecule has 4 aromatic rings. The third-order valence-corrected chi connectivity index (χ3v) is 3.70. The molecule has 2 heterocycles. The molecule has 26 heavy (non-hydrogen) atoms. The van der Waals surface area contributed by atoms with E-state index in [0.29, 0.717) is 6.42 Å². The van der Waals surface area contributed by atoms with Gasteiger partial charge in [-0.15, -0.1) is 6.07 Å². The number of benzene rings is 2. The van der Waals surface area contributed by atoms with E-state index >= 15 is 0 Å². The van der Waals surface area contributed by atoms with E-state index in [1.165, 1.54) is 0 Å². The first-order chi connectivity index (χ1) is 12.1. The maximum atomic E-state index is 8.56. The fourth-order valence-corrected chi connectivity index (χ4v) is 2.75. The molecule has 2 unspecified atom stereocenters. The monoisotopic (exact) mass is 530 g/mol. The molecule has 2 N–H and O–H groups in total. The van der Waals surface area contributed by atoms with Crippen LogP contribution >= 0.6 is 0 Å². The first-order valence-corrected chi connectivity index (χ1v) is 8.20. The van der Waals surface area contributed by atoms with Gasteiger partial charge in [-0.3, -0.25) is 0 Å². The van der Waals surface area contributed by atoms with Crippen LogP contribution in [0.25, 0.3) is 22.5 Å². The SMILES string of the molecule is CC(O)CC(C)O.[Ir].[c-]1ccccc1-n1c2ccccc2n2ncnc12. The van der Waals surface area contributed by atoms with Crippen LogP contribution in [0.5, 0.6) is 0 Å². The third kappa shape index (κ3) is 4.37. The van der Waals surface area contributed by atoms with Crippen LogP contribution in [-0.2, 0) is 20.1 Å². The Morgan fingerprint density at radius 1 is 1.00 bits per heavy atom. The minimum Gasteiger partial charge on any atom is -0.393 e. The molecule has 4 rings (SSSR count). The van der Waals surface area contributed by atoms with Crippen molar-refractivity contribution in [1.29, 1.82) is 0 Å². The van der Waals surface area contributed by atoms with Gasteiger partial charge in [0, 0.05) is 20.1 Å². The normalized spacial score (nSPS) is 12.9. The Hall–Kier alpha value is -2.05. The van der Waals surface area contributed by atoms with Crippen molar-refractivity contribution >= 4 is 16.8 Å². The van der Waals surface area contributed by atoms with E-state index in [1.54, 1.807) is 20.2 Å². The van der Waals surface area contributed by atoms with E-state index in [2.05, 4.69) is 26.8 Å². The zero-order valence-electron chi connectivity index (χ0n) is 14.6. The van der Waals surface area contributed by atoms with E-state index in [-0.39, 0.29) is 32.3 Å². The predicted molar refractivity (Wildman–Crippen MR) is 96.6 cm³/mol. The Morgan fingerprint density at radius 2 is 1.65 bits per heavy atom. The number of fused-ring (bicyclic) bond motifs is 3. The largest absolute Gasteiger partial charge is 0.393 e. The quantitative estimate of drug-likeness (QED) is 0.400. The van der Waals surface area contributed by atoms with Gasteiger partial charge in [-0.05, 0) is 32.4 Å². The van der Waals surface area contributed by atoms with Crippen LogP contribution in [0.15, 0.2) is 54.9 Å². The molecule has 139 valence electrons. The van der Waals surface area contributed by atoms with E-state index in [9.17, 15) is 0 Å². The van der Waals surface area contributed by atoms with Crippen molar-refractivity contribution in [2.45, 2.75) is 32.5 Å². The van der Waals surface area contributed by atoms with Crippen molar-refractivity contribution in [3.63, 3.8) is 0 Å². The fourth-order valence-electron chi connectivity index (χ4n) is 2.75. The van der Waals surface area contributed by atoms with Gasteiger partial charge in [0.05, 0.1) is 23.2 Å². The van der Waals surface area contributed by atoms with Crippen LogP contribution in [0, 0.1) is 6.07 Å². The van der Waals surface area contributed by atoms with Gasteiger partial charge in [0.1, 0.15) is 6.33 Å². The first-order valence-electron chi connectivity index (χ1n) is 8.20. The molecule has 2 atom stereocenters. The molecule has 6 nitrogen and oxygen atoms in total. The van der Waals surface area contributed by atoms with Gasteiger partial charge < -0.3 is 14.8 Å². The number of hydrogen-bond donors (Lipinski definition) is 2. The van der Waals surface area contributed by atoms with Gasteiger partial charge in [-0.1, -0.05) is 17.8 Å². The smallest absolute Gasteiger partial charge is 0.236 e. The second-order valence-corrected chi connectivity index (χ2v) is 5.98. The molecule has 0 amide bonds. The first kappa shape index (κ1) is 20.3. The average Bonchev–Trinajstić information content (AvgIpc) is 3.15. The van der Waals surface area contributed by atoms with E-state index in [4.69, 9.17) is 10.2 Å². The van der Waals surface area contributed by atoms with Crippen LogP contribution in [0.2, 0.25) is 0 Å². The number of aliphatic hydroxyl groups excluding tert-OH is 2. The number of rotatable bonds is 3. The Labute approximate surface area is 165 Å². The van der Waals surface area contributed by atoms with Gasteiger partial charge in [0.2, 0.25) is 5.78 Å². The predicted octanol–water partition coefficient (Wildman–Crippen LogP) is 2.61. The standard InChI is InChI=1S/C14H9N4.C5H12O2.Ir/c1-2-6-11(7-3-1)17-12-8-4-5-9-13(12)18-14(17)15-10-16-18;1-4(6)3-5(2)7;/h1-6,8-10H;4-7H,3H2,1-2H3;/q-1;;. The summed E-state index contributed by atoms with van der Waals surface area (Å²) < 4.78 is 3.90. The molecule has 0 aliphatic carbocycles. The molecule has 0 saturated carbocycles. The second kappa shape index (κ2) is 9.05. The summed E-state index contributed by atoms with van der Waals surface area (Å²) in [5.74, 6) is 0.804. The summed E-state index contributed by atoms with van der Waals surface area (Å²) in [4.78, 5) is 4.33. The Bertz CT molecular complexity index is 942. The zero-order chi connectivity index (χ0) is 17.8. The van der Waals surface area contributed by atoms with Crippen molar-refractivity contribution in [1.82, 2.24) is 19.2 Å². The number of aliphatic hydroxyl groups is 2. The molecule has 2 aromatic heterocycles. The molecular formula is C19H21IrN4O2-. The number of para-hydroxylation sites is 3. The van der Waals surface area contributed by atoms with Gasteiger partial charge in [-0.25, -0.2) is 0 Å². The van der Waals surface area contributed by atoms with E-state index in [1.807, 2.05) is 47.0 Å². The molecular weight excluding hydrogens is 508 g/mol. The molecule has 1 radical (unpaired) electrons. The molecule has 0 fully saturated rings. The second-order valence-electron chi connectivity index (χ2n) is 5.98. The average molecular weight is 530 g/mol. The van der Waals surface area contributed by atoms with Crippen LogP contribution in [0.4, 0.5) is 0 Å². The van der Waals surface area contributed by atoms with Crippen LogP contribution < -0.4 is 0 Å². The zero-order valence-corrected chi connectivity index (χ0v) is 17.0. The molecule has 2 aromatic carbocycles. The van der Waals surface area contributed by atoms with Gasteiger partial charge in [-0.2, -0.15) is 38.9 Å². The topological polar surface area (TPSA) is 75.6 Å². The molecule has 0 aliphatic rings. The summed E-state index contributed by atoms with van der Waals surface area (Å²) in [5, 5.41) is 21.4. The molecule has 0 aliphatic heterocycles. The fraction of sp³-hybridized carbons (Fsp3) is 0.263. The molecule has 0 bridgehead atoms. The summed E-state index contributed by atoms with van der Waals surface area (Å²) >= 11 is 0. The number of hydrogen-bond acceptors (Lipinski definition) is 4. The van der Waals surface area contributed by atoms with Crippen LogP contribution in [0.1, 0.15) is 20.3 Å². The van der Waals surface area contributed by atoms with Crippen LogP contribution in [0.3, 0.4) is 0 Å². The summed E-state index contributed by atoms with van der Waals surface area (Å²) in [6.45, 7) is 3.32. The van der Waals surface area contributed by atoms with Gasteiger partial charge in [0.15, 0.2) is 0 Å². The molecule has 0 saturated heterocycles. The van der Waals surface area contributed by atoms with Gasteiger partial charge >= 0.3 is 0 Å². The minimum atomic E-state index is -0.375. The Balaban J connectivity index is 0.000000265. The molecule has 0 spiro atoms. The van der Waals surface area contributed by atoms with Gasteiger partial charge in [0.25, 0.3) is 0 Å². The summed E-state index contributed by atoms with van der Waals surface area (Å²) in [6, 6.07) is 19.2. The Kier molecular flexibility index (Phi) is 7.05. The molecule has 7 heteroatoms. The number of aromatic nitrogens is 4. The van der Waals surface area contributed by atoms with Crippen molar-refractivity contribution in [3.05, 3.63) is 60.9 Å². The van der Waals surface area contributed by atoms with Crippen molar-refractivity contribution in [2.75, 3.05) is 0 Å². The van der Waals surface area contributed by atoms with Crippen molar-refractivity contribution in [2.24, 2.45) is 0 Å². The summed E-state index contributed by atoms with van der Waals surface area (Å²) in [6.07, 6.45) is 1.29. The number of nitrogens with zero attached hydrogens (tertiary/aromatic N) is 4. The Morgan fingerprint density at radius 3 is 2.23 bits per heavy atom. The summed E-state index contributed by atoms with van der Waals surface area (Å²) in [5.41, 5.74) is 3.09. The number of imidazole rings is 1. The third-order valence-electron chi connectivity index (χ3n) is 3.70. The van der Waals surface area contributed by atoms with E-state index < -0.39 is 0 Å². The maximum absolute atomic E-state index is 8.56. The maximum Gasteiger partial charge on any atom is 0.236 e. The minimum absolute atomic E-state index is 0. The summed E-state index contributed by atoms with van der Waals surface area (Å²) in [7, 11) is 0.